The topological polar surface area (TPSA) is 75.4 Å². The normalized spacial score (nSPS) is 20.4. The van der Waals surface area contributed by atoms with E-state index < -0.39 is 5.97 Å². The summed E-state index contributed by atoms with van der Waals surface area (Å²) >= 11 is 6.87. The first kappa shape index (κ1) is 23.0. The number of benzene rings is 1. The van der Waals surface area contributed by atoms with E-state index in [-0.39, 0.29) is 11.5 Å². The summed E-state index contributed by atoms with van der Waals surface area (Å²) in [6.45, 7) is 5.89. The van der Waals surface area contributed by atoms with E-state index in [0.717, 1.165) is 45.6 Å². The fourth-order valence-electron chi connectivity index (χ4n) is 5.53. The molecule has 2 fully saturated rings. The lowest BCUT2D eigenvalue weighted by Gasteiger charge is -2.13. The van der Waals surface area contributed by atoms with Crippen LogP contribution in [0.5, 0.6) is 0 Å². The Kier molecular flexibility index (Phi) is 5.51. The second-order valence-electron chi connectivity index (χ2n) is 9.52. The van der Waals surface area contributed by atoms with Gasteiger partial charge in [0.2, 0.25) is 0 Å². The van der Waals surface area contributed by atoms with Gasteiger partial charge >= 0.3 is 11.9 Å². The Morgan fingerprint density at radius 2 is 1.97 bits per heavy atom. The highest BCUT2D eigenvalue weighted by Gasteiger charge is 2.72. The smallest absolute Gasteiger partial charge is 0.354 e. The molecule has 180 valence electrons. The molecule has 0 radical (unpaired) electrons. The second-order valence-corrected chi connectivity index (χ2v) is 9.93. The molecule has 5 rings (SSSR count). The lowest BCUT2D eigenvalue weighted by molar-refractivity contribution is -0.141. The number of esters is 2. The number of carbonyl (C=O) groups excluding carboxylic acids is 2. The summed E-state index contributed by atoms with van der Waals surface area (Å²) in [6, 6.07) is 3.87. The van der Waals surface area contributed by atoms with Crippen LogP contribution in [0.2, 0.25) is 5.02 Å². The fraction of sp³-hybridized carbons (Fsp3) is 0.500. The second kappa shape index (κ2) is 8.15. The number of rotatable bonds is 8. The highest BCUT2D eigenvalue weighted by Crippen LogP contribution is 2.73. The Bertz CT molecular complexity index is 1330. The number of hydrogen-bond acceptors (Lipinski definition) is 5. The summed E-state index contributed by atoms with van der Waals surface area (Å²) in [7, 11) is 3.27. The zero-order valence-electron chi connectivity index (χ0n) is 20.3. The van der Waals surface area contributed by atoms with Crippen LogP contribution in [0.1, 0.15) is 60.5 Å². The number of aromatic nitrogens is 3. The predicted molar refractivity (Wildman–Crippen MR) is 130 cm³/mol. The van der Waals surface area contributed by atoms with Crippen LogP contribution in [0.4, 0.5) is 0 Å². The van der Waals surface area contributed by atoms with Gasteiger partial charge in [-0.1, -0.05) is 24.6 Å². The quantitative estimate of drug-likeness (QED) is 0.334. The SMILES string of the molecule is CCc1c(-c2c(Cl)ccc3c(CCCOC(C)=O)c(C(=O)OC)n(C)c23)c(C)nn1C12CC1C2. The standard InChI is InChI=1S/C26H30ClN3O4/c1-6-20-21(14(2)28-30(20)26-12-16(26)13-26)22-19(27)10-9-18-17(8-7-11-34-15(3)31)24(25(32)33-5)29(4)23(18)22/h9-10,16H,6-8,11-13H2,1-5H3. The van der Waals surface area contributed by atoms with E-state index in [9.17, 15) is 9.59 Å². The van der Waals surface area contributed by atoms with E-state index in [1.54, 1.807) is 0 Å². The molecule has 34 heavy (non-hydrogen) atoms. The fourth-order valence-corrected chi connectivity index (χ4v) is 5.78. The summed E-state index contributed by atoms with van der Waals surface area (Å²) in [6.07, 6.45) is 4.44. The number of aryl methyl sites for hydroxylation is 3. The number of halogens is 1. The Morgan fingerprint density at radius 3 is 2.56 bits per heavy atom. The summed E-state index contributed by atoms with van der Waals surface area (Å²) in [4.78, 5) is 24.0. The van der Waals surface area contributed by atoms with Gasteiger partial charge in [-0.3, -0.25) is 9.48 Å². The number of fused-ring (bicyclic) bond motifs is 2. The Hall–Kier alpha value is -2.80. The minimum absolute atomic E-state index is 0.224. The van der Waals surface area contributed by atoms with Crippen molar-refractivity contribution < 1.29 is 19.1 Å². The highest BCUT2D eigenvalue weighted by molar-refractivity contribution is 6.35. The van der Waals surface area contributed by atoms with Gasteiger partial charge in [-0.2, -0.15) is 5.10 Å². The van der Waals surface area contributed by atoms with Gasteiger partial charge in [-0.05, 0) is 56.6 Å². The van der Waals surface area contributed by atoms with E-state index in [1.807, 2.05) is 30.7 Å². The van der Waals surface area contributed by atoms with Crippen LogP contribution in [-0.2, 0) is 39.7 Å². The zero-order chi connectivity index (χ0) is 24.4. The molecule has 0 spiro atoms. The van der Waals surface area contributed by atoms with Crippen LogP contribution in [-0.4, -0.2) is 40.0 Å². The molecule has 2 aliphatic carbocycles. The van der Waals surface area contributed by atoms with Gasteiger partial charge in [0.25, 0.3) is 0 Å². The number of ether oxygens (including phenoxy) is 2. The number of methoxy groups -OCH3 is 1. The van der Waals surface area contributed by atoms with E-state index in [0.29, 0.717) is 30.2 Å². The van der Waals surface area contributed by atoms with E-state index in [2.05, 4.69) is 11.6 Å². The summed E-state index contributed by atoms with van der Waals surface area (Å²) < 4.78 is 14.4. The van der Waals surface area contributed by atoms with Crippen molar-refractivity contribution >= 4 is 34.4 Å². The first-order valence-electron chi connectivity index (χ1n) is 11.9. The molecule has 1 aromatic carbocycles. The van der Waals surface area contributed by atoms with Gasteiger partial charge in [0, 0.05) is 36.2 Å². The van der Waals surface area contributed by atoms with E-state index in [1.165, 1.54) is 32.6 Å². The van der Waals surface area contributed by atoms with Crippen LogP contribution in [0, 0.1) is 12.8 Å². The third-order valence-electron chi connectivity index (χ3n) is 7.47. The predicted octanol–water partition coefficient (Wildman–Crippen LogP) is 4.97. The zero-order valence-corrected chi connectivity index (χ0v) is 21.1. The van der Waals surface area contributed by atoms with Gasteiger partial charge in [0.05, 0.1) is 35.5 Å². The summed E-state index contributed by atoms with van der Waals surface area (Å²) in [5, 5.41) is 6.56. The van der Waals surface area contributed by atoms with Gasteiger partial charge in [0.15, 0.2) is 0 Å². The molecule has 0 saturated heterocycles. The molecule has 0 amide bonds. The van der Waals surface area contributed by atoms with Crippen molar-refractivity contribution in [3.8, 4) is 11.1 Å². The van der Waals surface area contributed by atoms with Gasteiger partial charge in [-0.15, -0.1) is 0 Å². The lowest BCUT2D eigenvalue weighted by atomic mass is 9.97. The molecular weight excluding hydrogens is 454 g/mol. The molecule has 8 heteroatoms. The van der Waals surface area contributed by atoms with Crippen LogP contribution in [0.3, 0.4) is 0 Å². The number of hydrogen-bond donors (Lipinski definition) is 0. The maximum atomic E-state index is 12.9. The molecule has 3 aromatic rings. The summed E-state index contributed by atoms with van der Waals surface area (Å²) in [5.41, 5.74) is 6.62. The molecule has 2 heterocycles. The van der Waals surface area contributed by atoms with Crippen LogP contribution in [0.25, 0.3) is 22.0 Å². The average Bonchev–Trinajstić information content (AvgIpc) is 3.62. The Labute approximate surface area is 204 Å². The van der Waals surface area contributed by atoms with Crippen molar-refractivity contribution in [3.63, 3.8) is 0 Å². The van der Waals surface area contributed by atoms with E-state index in [4.69, 9.17) is 26.2 Å². The monoisotopic (exact) mass is 483 g/mol. The Morgan fingerprint density at radius 1 is 1.26 bits per heavy atom. The molecule has 2 aliphatic rings. The minimum atomic E-state index is -0.399. The third kappa shape index (κ3) is 3.35. The molecule has 7 nitrogen and oxygen atoms in total. The first-order valence-corrected chi connectivity index (χ1v) is 12.2. The van der Waals surface area contributed by atoms with Crippen molar-refractivity contribution in [1.29, 1.82) is 0 Å². The molecular formula is C26H30ClN3O4. The van der Waals surface area contributed by atoms with Crippen LogP contribution < -0.4 is 0 Å². The Balaban J connectivity index is 1.70. The average molecular weight is 484 g/mol. The van der Waals surface area contributed by atoms with Gasteiger partial charge in [-0.25, -0.2) is 4.79 Å². The molecule has 2 saturated carbocycles. The minimum Gasteiger partial charge on any atom is -0.466 e. The van der Waals surface area contributed by atoms with Crippen molar-refractivity contribution in [1.82, 2.24) is 14.3 Å². The van der Waals surface area contributed by atoms with Crippen LogP contribution in [0.15, 0.2) is 12.1 Å². The molecule has 0 N–H and O–H groups in total. The lowest BCUT2D eigenvalue weighted by Crippen LogP contribution is -2.12. The first-order chi connectivity index (χ1) is 16.2. The van der Waals surface area contributed by atoms with Crippen molar-refractivity contribution in [3.05, 3.63) is 39.8 Å². The largest absolute Gasteiger partial charge is 0.466 e. The third-order valence-corrected chi connectivity index (χ3v) is 7.78. The molecule has 2 aromatic heterocycles. The number of carbonyl (C=O) groups is 2. The number of nitrogens with zero attached hydrogens (tertiary/aromatic N) is 3. The van der Waals surface area contributed by atoms with Crippen LogP contribution >= 0.6 is 11.6 Å². The molecule has 0 bridgehead atoms. The van der Waals surface area contributed by atoms with Crippen molar-refractivity contribution in [2.24, 2.45) is 13.0 Å². The van der Waals surface area contributed by atoms with E-state index >= 15 is 0 Å². The molecule has 0 aliphatic heterocycles. The molecule has 0 unspecified atom stereocenters. The summed E-state index contributed by atoms with van der Waals surface area (Å²) in [5.74, 6) is 0.0536. The van der Waals surface area contributed by atoms with Gasteiger partial charge in [0.1, 0.15) is 5.69 Å². The maximum Gasteiger partial charge on any atom is 0.354 e. The highest BCUT2D eigenvalue weighted by atomic mass is 35.5. The molecule has 0 atom stereocenters. The van der Waals surface area contributed by atoms with Crippen molar-refractivity contribution in [2.75, 3.05) is 13.7 Å². The maximum absolute atomic E-state index is 12.9. The van der Waals surface area contributed by atoms with Gasteiger partial charge < -0.3 is 14.0 Å². The van der Waals surface area contributed by atoms with Crippen molar-refractivity contribution in [2.45, 2.75) is 58.4 Å².